The first kappa shape index (κ1) is 15.5. The summed E-state index contributed by atoms with van der Waals surface area (Å²) in [6.45, 7) is 2.53. The third-order valence-electron chi connectivity index (χ3n) is 4.42. The van der Waals surface area contributed by atoms with Crippen LogP contribution in [0.25, 0.3) is 11.0 Å². The van der Waals surface area contributed by atoms with Crippen molar-refractivity contribution in [2.24, 2.45) is 0 Å². The van der Waals surface area contributed by atoms with E-state index >= 15 is 0 Å². The summed E-state index contributed by atoms with van der Waals surface area (Å²) in [4.78, 5) is 20.4. The molecule has 1 amide bonds. The van der Waals surface area contributed by atoms with Gasteiger partial charge < -0.3 is 19.8 Å². The summed E-state index contributed by atoms with van der Waals surface area (Å²) < 4.78 is 10.8. The van der Waals surface area contributed by atoms with E-state index in [9.17, 15) is 4.79 Å². The van der Waals surface area contributed by atoms with Crippen LogP contribution in [0.3, 0.4) is 0 Å². The maximum absolute atomic E-state index is 12.7. The molecule has 1 aliphatic rings. The minimum atomic E-state index is -0.261. The van der Waals surface area contributed by atoms with E-state index < -0.39 is 0 Å². The highest BCUT2D eigenvalue weighted by Crippen LogP contribution is 2.30. The molecule has 0 saturated carbocycles. The number of aromatic nitrogens is 2. The molecule has 0 fully saturated rings. The van der Waals surface area contributed by atoms with Gasteiger partial charge in [-0.15, -0.1) is 0 Å². The van der Waals surface area contributed by atoms with E-state index in [4.69, 9.17) is 9.47 Å². The monoisotopic (exact) mass is 337 g/mol. The number of rotatable bonds is 4. The predicted molar refractivity (Wildman–Crippen MR) is 94.2 cm³/mol. The molecule has 1 aliphatic heterocycles. The Morgan fingerprint density at radius 2 is 2.24 bits per heavy atom. The molecule has 6 nitrogen and oxygen atoms in total. The Balaban J connectivity index is 1.56. The molecule has 2 aromatic carbocycles. The summed E-state index contributed by atoms with van der Waals surface area (Å²) in [5.41, 5.74) is 3.36. The van der Waals surface area contributed by atoms with E-state index in [1.807, 2.05) is 37.3 Å². The fourth-order valence-corrected chi connectivity index (χ4v) is 3.08. The maximum Gasteiger partial charge on any atom is 0.255 e. The van der Waals surface area contributed by atoms with E-state index in [-0.39, 0.29) is 11.9 Å². The Bertz CT molecular complexity index is 948. The number of para-hydroxylation sites is 1. The number of hydrogen-bond acceptors (Lipinski definition) is 4. The third kappa shape index (κ3) is 2.80. The number of nitrogens with zero attached hydrogens (tertiary/aromatic N) is 1. The van der Waals surface area contributed by atoms with Crippen LogP contribution in [0.1, 0.15) is 34.7 Å². The lowest BCUT2D eigenvalue weighted by Gasteiger charge is -2.13. The Morgan fingerprint density at radius 1 is 1.36 bits per heavy atom. The molecule has 0 radical (unpaired) electrons. The van der Waals surface area contributed by atoms with Gasteiger partial charge in [0.2, 0.25) is 0 Å². The van der Waals surface area contributed by atoms with Gasteiger partial charge >= 0.3 is 0 Å². The van der Waals surface area contributed by atoms with Crippen LogP contribution in [-0.2, 0) is 6.42 Å². The van der Waals surface area contributed by atoms with Crippen LogP contribution in [-0.4, -0.2) is 29.6 Å². The van der Waals surface area contributed by atoms with Gasteiger partial charge in [-0.25, -0.2) is 4.98 Å². The number of benzene rings is 2. The Morgan fingerprint density at radius 3 is 3.08 bits per heavy atom. The molecule has 1 aromatic heterocycles. The van der Waals surface area contributed by atoms with Crippen LogP contribution in [0.15, 0.2) is 36.4 Å². The number of carbonyl (C=O) groups excluding carboxylic acids is 1. The lowest BCUT2D eigenvalue weighted by Crippen LogP contribution is -2.27. The Labute approximate surface area is 145 Å². The van der Waals surface area contributed by atoms with Crippen molar-refractivity contribution in [3.63, 3.8) is 0 Å². The van der Waals surface area contributed by atoms with E-state index in [1.165, 1.54) is 0 Å². The molecular formula is C19H19N3O3. The number of fused-ring (bicyclic) bond motifs is 2. The number of amides is 1. The highest BCUT2D eigenvalue weighted by Gasteiger charge is 2.22. The van der Waals surface area contributed by atoms with E-state index in [1.54, 1.807) is 13.2 Å². The smallest absolute Gasteiger partial charge is 0.255 e. The van der Waals surface area contributed by atoms with Crippen LogP contribution in [0.2, 0.25) is 0 Å². The quantitative estimate of drug-likeness (QED) is 0.767. The Kier molecular flexibility index (Phi) is 3.80. The first-order valence-corrected chi connectivity index (χ1v) is 8.25. The zero-order chi connectivity index (χ0) is 17.4. The topological polar surface area (TPSA) is 76.2 Å². The number of nitrogens with one attached hydrogen (secondary N) is 2. The van der Waals surface area contributed by atoms with Gasteiger partial charge in [-0.05, 0) is 30.7 Å². The summed E-state index contributed by atoms with van der Waals surface area (Å²) in [7, 11) is 1.63. The van der Waals surface area contributed by atoms with Crippen molar-refractivity contribution < 1.29 is 14.3 Å². The second kappa shape index (κ2) is 6.12. The van der Waals surface area contributed by atoms with Crippen molar-refractivity contribution in [3.8, 4) is 11.5 Å². The molecule has 0 saturated heterocycles. The fraction of sp³-hybridized carbons (Fsp3) is 0.263. The highest BCUT2D eigenvalue weighted by atomic mass is 16.5. The molecule has 0 aliphatic carbocycles. The zero-order valence-electron chi connectivity index (χ0n) is 14.1. The van der Waals surface area contributed by atoms with Gasteiger partial charge in [0.05, 0.1) is 36.4 Å². The van der Waals surface area contributed by atoms with Crippen LogP contribution < -0.4 is 14.8 Å². The fourth-order valence-electron chi connectivity index (χ4n) is 3.08. The number of imidazole rings is 1. The average molecular weight is 337 g/mol. The largest absolute Gasteiger partial charge is 0.497 e. The second-order valence-electron chi connectivity index (χ2n) is 6.09. The number of H-pyrrole nitrogens is 1. The lowest BCUT2D eigenvalue weighted by atomic mass is 10.1. The van der Waals surface area contributed by atoms with Gasteiger partial charge in [-0.1, -0.05) is 12.1 Å². The van der Waals surface area contributed by atoms with Gasteiger partial charge in [0, 0.05) is 12.5 Å². The number of aromatic amines is 1. The van der Waals surface area contributed by atoms with E-state index in [2.05, 4.69) is 15.3 Å². The number of ether oxygens (including phenoxy) is 2. The first-order valence-electron chi connectivity index (χ1n) is 8.25. The lowest BCUT2D eigenvalue weighted by molar-refractivity contribution is 0.0935. The minimum absolute atomic E-state index is 0.163. The van der Waals surface area contributed by atoms with Crippen molar-refractivity contribution in [2.75, 3.05) is 13.7 Å². The molecule has 4 rings (SSSR count). The molecule has 128 valence electrons. The summed E-state index contributed by atoms with van der Waals surface area (Å²) >= 11 is 0. The molecule has 1 atom stereocenters. The normalized spacial score (nSPS) is 14.0. The summed E-state index contributed by atoms with van der Waals surface area (Å²) in [5, 5.41) is 2.99. The van der Waals surface area contributed by atoms with Gasteiger partial charge in [-0.2, -0.15) is 0 Å². The number of methoxy groups -OCH3 is 1. The van der Waals surface area contributed by atoms with Crippen LogP contribution >= 0.6 is 0 Å². The molecule has 2 N–H and O–H groups in total. The first-order chi connectivity index (χ1) is 12.2. The van der Waals surface area contributed by atoms with Crippen molar-refractivity contribution in [3.05, 3.63) is 53.3 Å². The van der Waals surface area contributed by atoms with Crippen molar-refractivity contribution in [1.29, 1.82) is 0 Å². The van der Waals surface area contributed by atoms with Gasteiger partial charge in [0.25, 0.3) is 5.91 Å². The van der Waals surface area contributed by atoms with Crippen LogP contribution in [0.5, 0.6) is 11.5 Å². The number of hydrogen-bond donors (Lipinski definition) is 2. The molecule has 3 aromatic rings. The standard InChI is InChI=1S/C19H19N3O3/c1-11(18-21-15-7-6-13(24-2)10-16(15)22-18)20-19(23)14-5-3-4-12-8-9-25-17(12)14/h3-7,10-11H,8-9H2,1-2H3,(H,20,23)(H,21,22)/t11-/m0/s1. The summed E-state index contributed by atoms with van der Waals surface area (Å²) in [5.74, 6) is 1.99. The van der Waals surface area contributed by atoms with Crippen molar-refractivity contribution in [2.45, 2.75) is 19.4 Å². The molecule has 6 heteroatoms. The highest BCUT2D eigenvalue weighted by molar-refractivity contribution is 5.97. The molecule has 0 bridgehead atoms. The number of carbonyl (C=O) groups is 1. The minimum Gasteiger partial charge on any atom is -0.497 e. The average Bonchev–Trinajstić information content (AvgIpc) is 3.26. The molecule has 2 heterocycles. The Hall–Kier alpha value is -3.02. The van der Waals surface area contributed by atoms with Crippen LogP contribution in [0, 0.1) is 0 Å². The van der Waals surface area contributed by atoms with E-state index in [0.29, 0.717) is 23.7 Å². The van der Waals surface area contributed by atoms with Gasteiger partial charge in [0.15, 0.2) is 0 Å². The SMILES string of the molecule is COc1ccc2nc([C@H](C)NC(=O)c3cccc4c3OCC4)[nH]c2c1. The molecule has 25 heavy (non-hydrogen) atoms. The van der Waals surface area contributed by atoms with Gasteiger partial charge in [0.1, 0.15) is 17.3 Å². The summed E-state index contributed by atoms with van der Waals surface area (Å²) in [6, 6.07) is 11.0. The molecular weight excluding hydrogens is 318 g/mol. The summed E-state index contributed by atoms with van der Waals surface area (Å²) in [6.07, 6.45) is 0.845. The third-order valence-corrected chi connectivity index (χ3v) is 4.42. The predicted octanol–water partition coefficient (Wildman–Crippen LogP) is 3.00. The molecule has 0 spiro atoms. The van der Waals surface area contributed by atoms with Crippen molar-refractivity contribution >= 4 is 16.9 Å². The molecule has 0 unspecified atom stereocenters. The van der Waals surface area contributed by atoms with Crippen LogP contribution in [0.4, 0.5) is 0 Å². The zero-order valence-corrected chi connectivity index (χ0v) is 14.1. The second-order valence-corrected chi connectivity index (χ2v) is 6.09. The van der Waals surface area contributed by atoms with Crippen molar-refractivity contribution in [1.82, 2.24) is 15.3 Å². The van der Waals surface area contributed by atoms with E-state index in [0.717, 1.165) is 28.8 Å². The maximum atomic E-state index is 12.7. The van der Waals surface area contributed by atoms with Gasteiger partial charge in [-0.3, -0.25) is 4.79 Å².